The van der Waals surface area contributed by atoms with Crippen LogP contribution in [0.4, 0.5) is 0 Å². The van der Waals surface area contributed by atoms with Crippen LogP contribution >= 0.6 is 24.0 Å². The Balaban J connectivity index is 0.00000364. The minimum Gasteiger partial charge on any atom is -0.463 e. The maximum Gasteiger partial charge on any atom is 0.191 e. The van der Waals surface area contributed by atoms with Gasteiger partial charge in [0.05, 0.1) is 6.54 Å². The summed E-state index contributed by atoms with van der Waals surface area (Å²) in [6.07, 6.45) is 6.73. The van der Waals surface area contributed by atoms with Crippen molar-refractivity contribution in [1.29, 1.82) is 0 Å². The van der Waals surface area contributed by atoms with Crippen molar-refractivity contribution in [3.05, 3.63) is 23.7 Å². The molecule has 1 aromatic heterocycles. The van der Waals surface area contributed by atoms with Crippen molar-refractivity contribution in [2.45, 2.75) is 64.5 Å². The number of aryl methyl sites for hydroxylation is 1. The molecule has 0 saturated heterocycles. The first-order valence-electron chi connectivity index (χ1n) is 9.94. The molecule has 1 aliphatic rings. The molecule has 0 radical (unpaired) electrons. The van der Waals surface area contributed by atoms with E-state index in [4.69, 9.17) is 4.42 Å². The molecule has 1 aromatic rings. The highest BCUT2D eigenvalue weighted by Crippen LogP contribution is 2.23. The maximum absolute atomic E-state index is 10.6. The van der Waals surface area contributed by atoms with Crippen molar-refractivity contribution in [2.75, 3.05) is 33.2 Å². The van der Waals surface area contributed by atoms with Gasteiger partial charge in [0.2, 0.25) is 0 Å². The van der Waals surface area contributed by atoms with Gasteiger partial charge in [-0.1, -0.05) is 19.3 Å². The zero-order valence-corrected chi connectivity index (χ0v) is 19.6. The van der Waals surface area contributed by atoms with Gasteiger partial charge in [0, 0.05) is 25.7 Å². The minimum absolute atomic E-state index is 0. The SMILES string of the molecule is CCNC(=NCC(C)(O)c1ccc(C)o1)NCCN(C)C1CCCCC1.I. The average Bonchev–Trinajstić information content (AvgIpc) is 3.08. The molecular formula is C20H37IN4O2. The van der Waals surface area contributed by atoms with Gasteiger partial charge in [-0.25, -0.2) is 4.99 Å². The largest absolute Gasteiger partial charge is 0.463 e. The van der Waals surface area contributed by atoms with Crippen molar-refractivity contribution < 1.29 is 9.52 Å². The summed E-state index contributed by atoms with van der Waals surface area (Å²) in [4.78, 5) is 7.00. The van der Waals surface area contributed by atoms with Crippen LogP contribution in [0, 0.1) is 6.92 Å². The third-order valence-corrected chi connectivity index (χ3v) is 5.12. The molecule has 1 heterocycles. The first-order valence-corrected chi connectivity index (χ1v) is 9.94. The van der Waals surface area contributed by atoms with E-state index in [1.54, 1.807) is 6.92 Å². The normalized spacial score (nSPS) is 18.1. The van der Waals surface area contributed by atoms with Gasteiger partial charge in [-0.05, 0) is 52.8 Å². The lowest BCUT2D eigenvalue weighted by atomic mass is 9.94. The molecule has 0 aliphatic heterocycles. The third kappa shape index (κ3) is 7.99. The third-order valence-electron chi connectivity index (χ3n) is 5.12. The highest BCUT2D eigenvalue weighted by molar-refractivity contribution is 14.0. The highest BCUT2D eigenvalue weighted by atomic mass is 127. The zero-order chi connectivity index (χ0) is 19.0. The average molecular weight is 492 g/mol. The van der Waals surface area contributed by atoms with Gasteiger partial charge < -0.3 is 25.1 Å². The summed E-state index contributed by atoms with van der Waals surface area (Å²) in [5.74, 6) is 2.07. The van der Waals surface area contributed by atoms with E-state index in [2.05, 4.69) is 27.6 Å². The van der Waals surface area contributed by atoms with Gasteiger partial charge >= 0.3 is 0 Å². The molecule has 3 N–H and O–H groups in total. The number of guanidine groups is 1. The van der Waals surface area contributed by atoms with Crippen molar-refractivity contribution >= 4 is 29.9 Å². The lowest BCUT2D eigenvalue weighted by molar-refractivity contribution is 0.0428. The fraction of sp³-hybridized carbons (Fsp3) is 0.750. The molecule has 0 bridgehead atoms. The van der Waals surface area contributed by atoms with Crippen LogP contribution in [0.1, 0.15) is 57.5 Å². The number of aliphatic imine (C=N–C) groups is 1. The molecule has 0 amide bonds. The molecule has 6 nitrogen and oxygen atoms in total. The van der Waals surface area contributed by atoms with Gasteiger partial charge in [-0.3, -0.25) is 0 Å². The zero-order valence-electron chi connectivity index (χ0n) is 17.3. The number of likely N-dealkylation sites (N-methyl/N-ethyl adjacent to an activating group) is 1. The minimum atomic E-state index is -1.12. The fourth-order valence-corrected chi connectivity index (χ4v) is 3.43. The van der Waals surface area contributed by atoms with Crippen LogP contribution in [0.15, 0.2) is 21.5 Å². The van der Waals surface area contributed by atoms with Gasteiger partial charge in [-0.15, -0.1) is 24.0 Å². The Morgan fingerprint density at radius 3 is 2.59 bits per heavy atom. The van der Waals surface area contributed by atoms with Crippen molar-refractivity contribution in [1.82, 2.24) is 15.5 Å². The summed E-state index contributed by atoms with van der Waals surface area (Å²) in [5, 5.41) is 17.3. The van der Waals surface area contributed by atoms with Crippen molar-refractivity contribution in [2.24, 2.45) is 4.99 Å². The Bertz CT molecular complexity index is 568. The van der Waals surface area contributed by atoms with Crippen LogP contribution < -0.4 is 10.6 Å². The van der Waals surface area contributed by atoms with E-state index >= 15 is 0 Å². The Hall–Kier alpha value is -0.800. The number of rotatable bonds is 8. The topological polar surface area (TPSA) is 73.0 Å². The molecule has 1 aliphatic carbocycles. The van der Waals surface area contributed by atoms with Crippen LogP contribution in [-0.2, 0) is 5.60 Å². The Labute approximate surface area is 181 Å². The van der Waals surface area contributed by atoms with E-state index in [0.29, 0.717) is 11.8 Å². The number of hydrogen-bond acceptors (Lipinski definition) is 4. The van der Waals surface area contributed by atoms with Gasteiger partial charge in [0.25, 0.3) is 0 Å². The van der Waals surface area contributed by atoms with E-state index < -0.39 is 5.60 Å². The summed E-state index contributed by atoms with van der Waals surface area (Å²) in [7, 11) is 2.21. The second kappa shape index (κ2) is 11.9. The van der Waals surface area contributed by atoms with Gasteiger partial charge in [0.15, 0.2) is 5.96 Å². The van der Waals surface area contributed by atoms with Crippen LogP contribution in [-0.4, -0.2) is 55.2 Å². The van der Waals surface area contributed by atoms with Crippen LogP contribution in [0.2, 0.25) is 0 Å². The molecule has 0 spiro atoms. The van der Waals surface area contributed by atoms with E-state index in [9.17, 15) is 5.11 Å². The number of nitrogens with one attached hydrogen (secondary N) is 2. The van der Waals surface area contributed by atoms with E-state index in [1.165, 1.54) is 32.1 Å². The fourth-order valence-electron chi connectivity index (χ4n) is 3.43. The predicted molar refractivity (Wildman–Crippen MR) is 122 cm³/mol. The molecule has 27 heavy (non-hydrogen) atoms. The van der Waals surface area contributed by atoms with Crippen LogP contribution in [0.5, 0.6) is 0 Å². The summed E-state index contributed by atoms with van der Waals surface area (Å²) in [6.45, 7) is 8.50. The van der Waals surface area contributed by atoms with Crippen molar-refractivity contribution in [3.63, 3.8) is 0 Å². The summed E-state index contributed by atoms with van der Waals surface area (Å²) < 4.78 is 5.55. The molecule has 1 fully saturated rings. The predicted octanol–water partition coefficient (Wildman–Crippen LogP) is 3.23. The number of hydrogen-bond donors (Lipinski definition) is 3. The standard InChI is InChI=1S/C20H36N4O2.HI/c1-5-21-19(22-13-14-24(4)17-9-7-6-8-10-17)23-15-20(3,25)18-12-11-16(2)26-18;/h11-12,17,25H,5-10,13-15H2,1-4H3,(H2,21,22,23);1H. The Morgan fingerprint density at radius 2 is 2.00 bits per heavy atom. The first-order chi connectivity index (χ1) is 12.4. The Morgan fingerprint density at radius 1 is 1.30 bits per heavy atom. The van der Waals surface area contributed by atoms with Crippen molar-refractivity contribution in [3.8, 4) is 0 Å². The van der Waals surface area contributed by atoms with E-state index in [-0.39, 0.29) is 30.5 Å². The number of aliphatic hydroxyl groups is 1. The number of halogens is 1. The van der Waals surface area contributed by atoms with Gasteiger partial charge in [0.1, 0.15) is 17.1 Å². The smallest absolute Gasteiger partial charge is 0.191 e. The van der Waals surface area contributed by atoms with E-state index in [0.717, 1.165) is 31.4 Å². The van der Waals surface area contributed by atoms with Gasteiger partial charge in [-0.2, -0.15) is 0 Å². The molecule has 2 rings (SSSR count). The molecule has 156 valence electrons. The molecule has 7 heteroatoms. The van der Waals surface area contributed by atoms with Crippen LogP contribution in [0.3, 0.4) is 0 Å². The summed E-state index contributed by atoms with van der Waals surface area (Å²) >= 11 is 0. The Kier molecular flexibility index (Phi) is 10.7. The molecule has 0 aromatic carbocycles. The quantitative estimate of drug-likeness (QED) is 0.295. The lowest BCUT2D eigenvalue weighted by Crippen LogP contribution is -2.44. The second-order valence-electron chi connectivity index (χ2n) is 7.58. The first kappa shape index (κ1) is 24.2. The summed E-state index contributed by atoms with van der Waals surface area (Å²) in [6, 6.07) is 4.38. The second-order valence-corrected chi connectivity index (χ2v) is 7.58. The molecule has 1 saturated carbocycles. The molecular weight excluding hydrogens is 455 g/mol. The van der Waals surface area contributed by atoms with Crippen LogP contribution in [0.25, 0.3) is 0 Å². The maximum atomic E-state index is 10.6. The number of furan rings is 1. The lowest BCUT2D eigenvalue weighted by Gasteiger charge is -2.31. The van der Waals surface area contributed by atoms with E-state index in [1.807, 2.05) is 26.0 Å². The number of nitrogens with zero attached hydrogens (tertiary/aromatic N) is 2. The molecule has 1 atom stereocenters. The summed E-state index contributed by atoms with van der Waals surface area (Å²) in [5.41, 5.74) is -1.12. The molecule has 1 unspecified atom stereocenters. The monoisotopic (exact) mass is 492 g/mol. The highest BCUT2D eigenvalue weighted by Gasteiger charge is 2.26.